The monoisotopic (exact) mass is 557 g/mol. The first-order valence-electron chi connectivity index (χ1n) is 14.4. The lowest BCUT2D eigenvalue weighted by atomic mass is 10.1. The van der Waals surface area contributed by atoms with Crippen molar-refractivity contribution in [2.75, 3.05) is 18.8 Å². The van der Waals surface area contributed by atoms with Gasteiger partial charge in [0.2, 0.25) is 5.91 Å². The van der Waals surface area contributed by atoms with Crippen molar-refractivity contribution < 1.29 is 18.0 Å². The second kappa shape index (κ2) is 17.1. The Morgan fingerprint density at radius 2 is 1.44 bits per heavy atom. The minimum absolute atomic E-state index is 0.381. The largest absolute Gasteiger partial charge is 0.354 e. The predicted molar refractivity (Wildman–Crippen MR) is 160 cm³/mol. The van der Waals surface area contributed by atoms with Crippen LogP contribution in [0, 0.1) is 0 Å². The summed E-state index contributed by atoms with van der Waals surface area (Å²) in [5.41, 5.74) is 3.93. The minimum atomic E-state index is -3.60. The van der Waals surface area contributed by atoms with Crippen molar-refractivity contribution >= 4 is 21.7 Å². The Kier molecular flexibility index (Phi) is 14.2. The summed E-state index contributed by atoms with van der Waals surface area (Å²) in [5, 5.41) is 8.43. The van der Waals surface area contributed by atoms with E-state index in [1.54, 1.807) is 18.2 Å². The molecule has 2 amide bonds. The molecule has 0 fully saturated rings. The van der Waals surface area contributed by atoms with Gasteiger partial charge in [0.15, 0.2) is 9.84 Å². The van der Waals surface area contributed by atoms with E-state index in [-0.39, 0.29) is 0 Å². The van der Waals surface area contributed by atoms with E-state index in [0.717, 1.165) is 37.8 Å². The first-order chi connectivity index (χ1) is 18.7. The van der Waals surface area contributed by atoms with Gasteiger partial charge in [0.25, 0.3) is 5.91 Å². The Bertz CT molecular complexity index is 1140. The summed E-state index contributed by atoms with van der Waals surface area (Å²) in [4.78, 5) is 26.2. The second-order valence-electron chi connectivity index (χ2n) is 10.1. The van der Waals surface area contributed by atoms with Crippen molar-refractivity contribution in [3.63, 3.8) is 0 Å². The molecule has 0 spiro atoms. The van der Waals surface area contributed by atoms with Gasteiger partial charge in [-0.2, -0.15) is 0 Å². The Hall–Kier alpha value is -2.71. The first-order valence-corrected chi connectivity index (χ1v) is 16.1. The molecule has 0 aliphatic carbocycles. The molecule has 0 aliphatic heterocycles. The van der Waals surface area contributed by atoms with Crippen LogP contribution in [0.4, 0.5) is 0 Å². The number of sulfone groups is 1. The van der Waals surface area contributed by atoms with E-state index in [4.69, 9.17) is 0 Å². The van der Waals surface area contributed by atoms with Crippen LogP contribution in [0.25, 0.3) is 0 Å². The van der Waals surface area contributed by atoms with Crippen molar-refractivity contribution in [3.8, 4) is 0 Å². The van der Waals surface area contributed by atoms with Crippen molar-refractivity contribution in [1.82, 2.24) is 16.0 Å². The number of hydrogen-bond acceptors (Lipinski definition) is 5. The maximum absolute atomic E-state index is 13.3. The number of hydrogen-bond donors (Lipinski definition) is 3. The highest BCUT2D eigenvalue weighted by atomic mass is 32.2. The van der Waals surface area contributed by atoms with Gasteiger partial charge in [-0.25, -0.2) is 8.42 Å². The fraction of sp³-hybridized carbons (Fsp3) is 0.548. The van der Waals surface area contributed by atoms with Gasteiger partial charge >= 0.3 is 0 Å². The molecule has 2 aromatic rings. The number of rotatable bonds is 18. The van der Waals surface area contributed by atoms with Crippen molar-refractivity contribution in [2.24, 2.45) is 0 Å². The summed E-state index contributed by atoms with van der Waals surface area (Å²) in [5.74, 6) is -1.32. The van der Waals surface area contributed by atoms with Crippen LogP contribution in [-0.2, 0) is 34.0 Å². The number of carbonyl (C=O) groups is 2. The lowest BCUT2D eigenvalue weighted by Gasteiger charge is -2.22. The van der Waals surface area contributed by atoms with Crippen LogP contribution in [0.15, 0.2) is 48.5 Å². The van der Waals surface area contributed by atoms with Gasteiger partial charge < -0.3 is 16.0 Å². The Labute approximate surface area is 235 Å². The van der Waals surface area contributed by atoms with Crippen LogP contribution in [0.5, 0.6) is 0 Å². The van der Waals surface area contributed by atoms with Gasteiger partial charge in [-0.1, -0.05) is 76.9 Å². The molecule has 0 heterocycles. The van der Waals surface area contributed by atoms with Crippen LogP contribution in [0.1, 0.15) is 86.8 Å². The Morgan fingerprint density at radius 3 is 2.08 bits per heavy atom. The highest BCUT2D eigenvalue weighted by Gasteiger charge is 2.32. The molecule has 3 N–H and O–H groups in total. The topological polar surface area (TPSA) is 104 Å². The van der Waals surface area contributed by atoms with E-state index in [1.807, 2.05) is 26.8 Å². The molecule has 0 bridgehead atoms. The Balaban J connectivity index is 2.02. The average molecular weight is 558 g/mol. The van der Waals surface area contributed by atoms with Crippen molar-refractivity contribution in [2.45, 2.75) is 90.5 Å². The third kappa shape index (κ3) is 11.1. The molecule has 0 radical (unpaired) electrons. The van der Waals surface area contributed by atoms with Gasteiger partial charge in [0.05, 0.1) is 11.0 Å². The van der Waals surface area contributed by atoms with Gasteiger partial charge in [-0.15, -0.1) is 0 Å². The van der Waals surface area contributed by atoms with Crippen LogP contribution < -0.4 is 16.0 Å². The third-order valence-corrected chi connectivity index (χ3v) is 9.19. The zero-order valence-electron chi connectivity index (χ0n) is 24.1. The number of amides is 2. The smallest absolute Gasteiger partial charge is 0.251 e. The molecule has 1 atom stereocenters. The summed E-state index contributed by atoms with van der Waals surface area (Å²) < 4.78 is 26.6. The van der Waals surface area contributed by atoms with E-state index in [1.165, 1.54) is 11.1 Å². The molecule has 0 aromatic heterocycles. The lowest BCUT2D eigenvalue weighted by molar-refractivity contribution is -0.122. The fourth-order valence-corrected chi connectivity index (χ4v) is 6.77. The highest BCUT2D eigenvalue weighted by molar-refractivity contribution is 7.92. The van der Waals surface area contributed by atoms with E-state index < -0.39 is 38.7 Å². The van der Waals surface area contributed by atoms with E-state index in [0.29, 0.717) is 37.9 Å². The SMILES string of the molecule is CCCC(CCC)S(=O)(=O)CC(NC(=O)c1cccc(CC)c1)C(=O)NCCCNCc1cccc(CC)c1. The average Bonchev–Trinajstić information content (AvgIpc) is 2.94. The number of aryl methyl sites for hydroxylation is 2. The van der Waals surface area contributed by atoms with E-state index >= 15 is 0 Å². The molecule has 0 saturated carbocycles. The number of benzene rings is 2. The van der Waals surface area contributed by atoms with Crippen molar-refractivity contribution in [3.05, 3.63) is 70.8 Å². The lowest BCUT2D eigenvalue weighted by Crippen LogP contribution is -2.51. The molecule has 1 unspecified atom stereocenters. The van der Waals surface area contributed by atoms with Gasteiger partial charge in [0.1, 0.15) is 6.04 Å². The van der Waals surface area contributed by atoms with Crippen molar-refractivity contribution in [1.29, 1.82) is 0 Å². The molecule has 8 heteroatoms. The number of nitrogens with one attached hydrogen (secondary N) is 3. The van der Waals surface area contributed by atoms with Crippen LogP contribution >= 0.6 is 0 Å². The van der Waals surface area contributed by atoms with Crippen LogP contribution in [0.2, 0.25) is 0 Å². The van der Waals surface area contributed by atoms with Gasteiger partial charge in [-0.05, 0) is 67.5 Å². The summed E-state index contributed by atoms with van der Waals surface area (Å²) in [6, 6.07) is 14.5. The maximum atomic E-state index is 13.3. The Morgan fingerprint density at radius 1 is 0.821 bits per heavy atom. The zero-order valence-corrected chi connectivity index (χ0v) is 24.9. The molecule has 0 saturated heterocycles. The fourth-order valence-electron chi connectivity index (χ4n) is 4.61. The molecular weight excluding hydrogens is 510 g/mol. The maximum Gasteiger partial charge on any atom is 0.251 e. The molecule has 2 aromatic carbocycles. The highest BCUT2D eigenvalue weighted by Crippen LogP contribution is 2.17. The van der Waals surface area contributed by atoms with Gasteiger partial charge in [0, 0.05) is 18.7 Å². The third-order valence-electron chi connectivity index (χ3n) is 6.91. The van der Waals surface area contributed by atoms with Crippen LogP contribution in [0.3, 0.4) is 0 Å². The molecule has 216 valence electrons. The minimum Gasteiger partial charge on any atom is -0.354 e. The number of carbonyl (C=O) groups excluding carboxylic acids is 2. The summed E-state index contributed by atoms with van der Waals surface area (Å²) in [7, 11) is -3.60. The summed E-state index contributed by atoms with van der Waals surface area (Å²) in [6.45, 7) is 9.87. The normalized spacial score (nSPS) is 12.3. The standard InChI is InChI=1S/C31H47N3O4S/c1-5-12-28(13-6-2)39(37,38)23-29(34-30(35)27-17-10-15-25(8-4)21-27)31(36)33-19-11-18-32-22-26-16-9-14-24(7-3)20-26/h9-10,14-17,20-21,28-29,32H,5-8,11-13,18-19,22-23H2,1-4H3,(H,33,36)(H,34,35). The molecule has 39 heavy (non-hydrogen) atoms. The molecular formula is C31H47N3O4S. The molecule has 0 aliphatic rings. The second-order valence-corrected chi connectivity index (χ2v) is 12.4. The molecule has 2 rings (SSSR count). The molecule has 7 nitrogen and oxygen atoms in total. The van der Waals surface area contributed by atoms with Gasteiger partial charge in [-0.3, -0.25) is 9.59 Å². The van der Waals surface area contributed by atoms with Crippen LogP contribution in [-0.4, -0.2) is 50.4 Å². The quantitative estimate of drug-likeness (QED) is 0.233. The van der Waals surface area contributed by atoms with E-state index in [2.05, 4.69) is 47.1 Å². The van der Waals surface area contributed by atoms with E-state index in [9.17, 15) is 18.0 Å². The zero-order chi connectivity index (χ0) is 28.7. The first kappa shape index (κ1) is 32.5. The summed E-state index contributed by atoms with van der Waals surface area (Å²) >= 11 is 0. The predicted octanol–water partition coefficient (Wildman–Crippen LogP) is 4.59. The summed E-state index contributed by atoms with van der Waals surface area (Å²) in [6.07, 6.45) is 5.02.